The minimum Gasteiger partial charge on any atom is -0.481 e. The van der Waals surface area contributed by atoms with Crippen LogP contribution in [0.5, 0.6) is 0 Å². The van der Waals surface area contributed by atoms with Gasteiger partial charge in [-0.05, 0) is 49.3 Å². The van der Waals surface area contributed by atoms with Crippen LogP contribution in [0.15, 0.2) is 41.6 Å². The molecule has 1 fully saturated rings. The van der Waals surface area contributed by atoms with Crippen LogP contribution in [0.2, 0.25) is 5.15 Å². The van der Waals surface area contributed by atoms with E-state index in [1.807, 2.05) is 32.1 Å². The van der Waals surface area contributed by atoms with Crippen molar-refractivity contribution in [3.05, 3.63) is 52.3 Å². The Morgan fingerprint density at radius 3 is 2.75 bits per heavy atom. The number of rotatable bonds is 5. The summed E-state index contributed by atoms with van der Waals surface area (Å²) in [4.78, 5) is 28.2. The Morgan fingerprint density at radius 2 is 2.21 bits per heavy atom. The van der Waals surface area contributed by atoms with E-state index in [4.69, 9.17) is 11.6 Å². The molecule has 2 atom stereocenters. The fourth-order valence-corrected chi connectivity index (χ4v) is 3.30. The minimum absolute atomic E-state index is 0.0140. The number of carboxylic acids is 1. The summed E-state index contributed by atoms with van der Waals surface area (Å²) in [5.74, 6) is -2.30. The number of pyridine rings is 1. The van der Waals surface area contributed by atoms with Gasteiger partial charge in [0.05, 0.1) is 0 Å². The van der Waals surface area contributed by atoms with E-state index in [0.29, 0.717) is 23.6 Å². The maximum absolute atomic E-state index is 12.6. The highest BCUT2D eigenvalue weighted by Crippen LogP contribution is 2.37. The second-order valence-corrected chi connectivity index (χ2v) is 6.42. The Balaban J connectivity index is 2.35. The molecular weight excluding hydrogens is 326 g/mol. The summed E-state index contributed by atoms with van der Waals surface area (Å²) in [5.41, 5.74) is 2.50. The first-order chi connectivity index (χ1) is 11.5. The maximum Gasteiger partial charge on any atom is 0.314 e. The lowest BCUT2D eigenvalue weighted by molar-refractivity contribution is -0.146. The van der Waals surface area contributed by atoms with Gasteiger partial charge in [0.2, 0.25) is 0 Å². The van der Waals surface area contributed by atoms with Crippen LogP contribution in [0.4, 0.5) is 0 Å². The van der Waals surface area contributed by atoms with Crippen molar-refractivity contribution in [1.82, 2.24) is 4.98 Å². The molecule has 0 radical (unpaired) electrons. The van der Waals surface area contributed by atoms with E-state index in [9.17, 15) is 14.7 Å². The van der Waals surface area contributed by atoms with E-state index in [-0.39, 0.29) is 11.7 Å². The van der Waals surface area contributed by atoms with Gasteiger partial charge in [-0.25, -0.2) is 4.98 Å². The second-order valence-electron chi connectivity index (χ2n) is 6.03. The van der Waals surface area contributed by atoms with Crippen LogP contribution in [0.25, 0.3) is 0 Å². The summed E-state index contributed by atoms with van der Waals surface area (Å²) >= 11 is 5.82. The van der Waals surface area contributed by atoms with Gasteiger partial charge in [-0.3, -0.25) is 9.59 Å². The van der Waals surface area contributed by atoms with E-state index in [1.54, 1.807) is 12.3 Å². The van der Waals surface area contributed by atoms with Gasteiger partial charge in [0.15, 0.2) is 5.78 Å². The number of carboxylic acid groups (broad SMARTS) is 1. The zero-order chi connectivity index (χ0) is 17.7. The number of hydrogen-bond donors (Lipinski definition) is 1. The normalized spacial score (nSPS) is 24.5. The predicted molar refractivity (Wildman–Crippen MR) is 93.9 cm³/mol. The van der Waals surface area contributed by atoms with Gasteiger partial charge < -0.3 is 5.11 Å². The van der Waals surface area contributed by atoms with Crippen molar-refractivity contribution in [3.63, 3.8) is 0 Å². The van der Waals surface area contributed by atoms with Gasteiger partial charge in [-0.1, -0.05) is 43.2 Å². The summed E-state index contributed by atoms with van der Waals surface area (Å²) in [7, 11) is 0. The molecule has 5 heteroatoms. The molecule has 1 aliphatic rings. The Bertz CT molecular complexity index is 676. The van der Waals surface area contributed by atoms with Crippen molar-refractivity contribution in [2.24, 2.45) is 11.8 Å². The molecule has 128 valence electrons. The van der Waals surface area contributed by atoms with E-state index in [2.05, 4.69) is 4.98 Å². The molecule has 0 spiro atoms. The summed E-state index contributed by atoms with van der Waals surface area (Å²) in [6.07, 6.45) is 8.17. The number of nitrogens with zero attached hydrogens (tertiary/aromatic N) is 1. The minimum atomic E-state index is -1.04. The average Bonchev–Trinajstić information content (AvgIpc) is 2.56. The number of aromatic nitrogens is 1. The highest BCUT2D eigenvalue weighted by molar-refractivity contribution is 6.29. The molecule has 4 nitrogen and oxygen atoms in total. The molecule has 0 bridgehead atoms. The second kappa shape index (κ2) is 8.25. The van der Waals surface area contributed by atoms with Gasteiger partial charge in [-0.2, -0.15) is 0 Å². The smallest absolute Gasteiger partial charge is 0.314 e. The predicted octanol–water partition coefficient (Wildman–Crippen LogP) is 4.24. The van der Waals surface area contributed by atoms with Crippen LogP contribution < -0.4 is 0 Å². The highest BCUT2D eigenvalue weighted by Gasteiger charge is 2.39. The molecule has 1 aromatic heterocycles. The van der Waals surface area contributed by atoms with Crippen LogP contribution >= 0.6 is 11.6 Å². The lowest BCUT2D eigenvalue weighted by atomic mass is 9.71. The molecule has 0 amide bonds. The summed E-state index contributed by atoms with van der Waals surface area (Å²) in [6, 6.07) is 3.62. The SMILES string of the molecule is CC=C1/C(=C\CCC)C(=O)C(C(=O)O)CC1Cc1ccc(Cl)nc1. The maximum atomic E-state index is 12.6. The van der Waals surface area contributed by atoms with E-state index in [0.717, 1.165) is 24.0 Å². The Kier molecular flexibility index (Phi) is 6.32. The van der Waals surface area contributed by atoms with Crippen molar-refractivity contribution in [2.45, 2.75) is 39.5 Å². The molecule has 1 heterocycles. The third kappa shape index (κ3) is 4.12. The number of halogens is 1. The lowest BCUT2D eigenvalue weighted by Gasteiger charge is -2.31. The fraction of sp³-hybridized carbons (Fsp3) is 0.421. The molecule has 24 heavy (non-hydrogen) atoms. The van der Waals surface area contributed by atoms with Gasteiger partial charge in [0, 0.05) is 11.8 Å². The number of unbranched alkanes of at least 4 members (excludes halogenated alkanes) is 1. The van der Waals surface area contributed by atoms with Crippen LogP contribution in [0.3, 0.4) is 0 Å². The topological polar surface area (TPSA) is 67.3 Å². The lowest BCUT2D eigenvalue weighted by Crippen LogP contribution is -2.35. The third-order valence-corrected chi connectivity index (χ3v) is 4.59. The first-order valence-electron chi connectivity index (χ1n) is 8.22. The number of Topliss-reactive ketones (excluding diaryl/α,β-unsaturated/α-hetero) is 1. The molecule has 1 aliphatic carbocycles. The van der Waals surface area contributed by atoms with Crippen LogP contribution in [0, 0.1) is 11.8 Å². The quantitative estimate of drug-likeness (QED) is 0.491. The molecular formula is C19H22ClNO3. The molecule has 2 rings (SSSR count). The van der Waals surface area contributed by atoms with Crippen LogP contribution in [-0.4, -0.2) is 21.8 Å². The molecule has 1 N–H and O–H groups in total. The number of allylic oxidation sites excluding steroid dienone is 4. The van der Waals surface area contributed by atoms with Crippen molar-refractivity contribution in [1.29, 1.82) is 0 Å². The zero-order valence-electron chi connectivity index (χ0n) is 14.0. The number of carbonyl (C=O) groups is 2. The van der Waals surface area contributed by atoms with Gasteiger partial charge in [0.1, 0.15) is 11.1 Å². The Morgan fingerprint density at radius 1 is 1.46 bits per heavy atom. The average molecular weight is 348 g/mol. The van der Waals surface area contributed by atoms with Crippen molar-refractivity contribution in [3.8, 4) is 0 Å². The van der Waals surface area contributed by atoms with Gasteiger partial charge in [0.25, 0.3) is 0 Å². The van der Waals surface area contributed by atoms with Crippen LogP contribution in [-0.2, 0) is 16.0 Å². The van der Waals surface area contributed by atoms with Crippen LogP contribution in [0.1, 0.15) is 38.7 Å². The number of carbonyl (C=O) groups excluding carboxylic acids is 1. The van der Waals surface area contributed by atoms with Crippen molar-refractivity contribution >= 4 is 23.4 Å². The van der Waals surface area contributed by atoms with Gasteiger partial charge >= 0.3 is 5.97 Å². The number of hydrogen-bond acceptors (Lipinski definition) is 3. The monoisotopic (exact) mass is 347 g/mol. The summed E-state index contributed by atoms with van der Waals surface area (Å²) in [5, 5.41) is 9.86. The first kappa shape index (κ1) is 18.4. The number of aliphatic carboxylic acids is 1. The third-order valence-electron chi connectivity index (χ3n) is 4.37. The van der Waals surface area contributed by atoms with E-state index in [1.165, 1.54) is 0 Å². The van der Waals surface area contributed by atoms with E-state index >= 15 is 0 Å². The Labute approximate surface area is 147 Å². The largest absolute Gasteiger partial charge is 0.481 e. The highest BCUT2D eigenvalue weighted by atomic mass is 35.5. The zero-order valence-corrected chi connectivity index (χ0v) is 14.7. The molecule has 1 saturated carbocycles. The van der Waals surface area contributed by atoms with Gasteiger partial charge in [-0.15, -0.1) is 0 Å². The molecule has 1 aromatic rings. The van der Waals surface area contributed by atoms with Crippen molar-refractivity contribution in [2.75, 3.05) is 0 Å². The molecule has 0 aromatic carbocycles. The molecule has 2 unspecified atom stereocenters. The van der Waals surface area contributed by atoms with E-state index < -0.39 is 11.9 Å². The number of ketones is 1. The Hall–Kier alpha value is -1.94. The fourth-order valence-electron chi connectivity index (χ4n) is 3.18. The molecule has 0 aliphatic heterocycles. The summed E-state index contributed by atoms with van der Waals surface area (Å²) < 4.78 is 0. The molecule has 0 saturated heterocycles. The van der Waals surface area contributed by atoms with Crippen molar-refractivity contribution < 1.29 is 14.7 Å². The first-order valence-corrected chi connectivity index (χ1v) is 8.59. The standard InChI is InChI=1S/C19H22ClNO3/c1-3-5-6-15-14(4-2)13(10-16(18(15)22)19(23)24)9-12-7-8-17(20)21-11-12/h4,6-8,11,13,16H,3,5,9-10H2,1-2H3,(H,23,24)/b14-4?,15-6+. The summed E-state index contributed by atoms with van der Waals surface area (Å²) in [6.45, 7) is 3.93.